The zero-order valence-corrected chi connectivity index (χ0v) is 13.6. The lowest BCUT2D eigenvalue weighted by molar-refractivity contribution is -0.122. The predicted octanol–water partition coefficient (Wildman–Crippen LogP) is 1.31. The molecule has 6 nitrogen and oxygen atoms in total. The van der Waals surface area contributed by atoms with E-state index in [9.17, 15) is 14.7 Å². The van der Waals surface area contributed by atoms with Crippen molar-refractivity contribution in [1.29, 1.82) is 0 Å². The third-order valence-corrected chi connectivity index (χ3v) is 5.09. The standard InChI is InChI=1S/C16H19N3O3S/c1-9-17-8-11(16(22)18-9)7-14(21)19-15(10-5-12(20)6-10)13-3-2-4-23-13/h2-4,8,10,12,15,20H,5-7H2,1H3,(H,19,21)(H,17,18,22). The molecular formula is C16H19N3O3S. The molecule has 2 heterocycles. The molecule has 2 aromatic heterocycles. The number of rotatable bonds is 5. The summed E-state index contributed by atoms with van der Waals surface area (Å²) in [6, 6.07) is 3.83. The summed E-state index contributed by atoms with van der Waals surface area (Å²) in [6.07, 6.45) is 2.55. The van der Waals surface area contributed by atoms with Gasteiger partial charge in [-0.2, -0.15) is 0 Å². The van der Waals surface area contributed by atoms with E-state index in [-0.39, 0.29) is 36.0 Å². The molecule has 0 aliphatic heterocycles. The van der Waals surface area contributed by atoms with Crippen LogP contribution in [0.2, 0.25) is 0 Å². The molecule has 1 unspecified atom stereocenters. The molecule has 3 N–H and O–H groups in total. The molecule has 1 saturated carbocycles. The summed E-state index contributed by atoms with van der Waals surface area (Å²) in [5.41, 5.74) is 0.0751. The highest BCUT2D eigenvalue weighted by Gasteiger charge is 2.36. The van der Waals surface area contributed by atoms with E-state index in [1.807, 2.05) is 17.5 Å². The number of thiophene rings is 1. The van der Waals surface area contributed by atoms with Gasteiger partial charge < -0.3 is 15.4 Å². The molecule has 23 heavy (non-hydrogen) atoms. The zero-order valence-electron chi connectivity index (χ0n) is 12.8. The van der Waals surface area contributed by atoms with Gasteiger partial charge in [0.25, 0.3) is 5.56 Å². The summed E-state index contributed by atoms with van der Waals surface area (Å²) < 4.78 is 0. The Balaban J connectivity index is 1.70. The summed E-state index contributed by atoms with van der Waals surface area (Å²) in [6.45, 7) is 1.69. The molecule has 1 atom stereocenters. The fourth-order valence-electron chi connectivity index (χ4n) is 2.83. The zero-order chi connectivity index (χ0) is 16.4. The fraction of sp³-hybridized carbons (Fsp3) is 0.438. The van der Waals surface area contributed by atoms with E-state index in [4.69, 9.17) is 0 Å². The average Bonchev–Trinajstić information content (AvgIpc) is 2.99. The summed E-state index contributed by atoms with van der Waals surface area (Å²) in [5.74, 6) is 0.557. The Morgan fingerprint density at radius 3 is 2.96 bits per heavy atom. The molecule has 7 heteroatoms. The normalized spacial score (nSPS) is 21.5. The molecule has 2 aromatic rings. The molecular weight excluding hydrogens is 314 g/mol. The van der Waals surface area contributed by atoms with Crippen LogP contribution in [-0.4, -0.2) is 27.1 Å². The van der Waals surface area contributed by atoms with Gasteiger partial charge in [0.1, 0.15) is 5.82 Å². The fourth-order valence-corrected chi connectivity index (χ4v) is 3.69. The van der Waals surface area contributed by atoms with E-state index in [1.54, 1.807) is 18.3 Å². The highest BCUT2D eigenvalue weighted by atomic mass is 32.1. The first-order valence-corrected chi connectivity index (χ1v) is 8.46. The van der Waals surface area contributed by atoms with Crippen LogP contribution in [0, 0.1) is 12.8 Å². The van der Waals surface area contributed by atoms with Crippen molar-refractivity contribution >= 4 is 17.2 Å². The number of carbonyl (C=O) groups excluding carboxylic acids is 1. The summed E-state index contributed by atoms with van der Waals surface area (Å²) in [4.78, 5) is 31.9. The number of aryl methyl sites for hydroxylation is 1. The van der Waals surface area contributed by atoms with Gasteiger partial charge in [0, 0.05) is 16.6 Å². The van der Waals surface area contributed by atoms with Gasteiger partial charge in [-0.15, -0.1) is 11.3 Å². The summed E-state index contributed by atoms with van der Waals surface area (Å²) in [7, 11) is 0. The lowest BCUT2D eigenvalue weighted by atomic mass is 9.76. The number of H-pyrrole nitrogens is 1. The van der Waals surface area contributed by atoms with Crippen LogP contribution >= 0.6 is 11.3 Å². The van der Waals surface area contributed by atoms with Crippen LogP contribution < -0.4 is 10.9 Å². The Bertz CT molecular complexity index is 735. The Hall–Kier alpha value is -1.99. The Labute approximate surface area is 137 Å². The molecule has 1 aliphatic rings. The Kier molecular flexibility index (Phi) is 4.58. The second-order valence-electron chi connectivity index (χ2n) is 5.95. The van der Waals surface area contributed by atoms with Gasteiger partial charge >= 0.3 is 0 Å². The van der Waals surface area contributed by atoms with E-state index in [0.29, 0.717) is 24.2 Å². The number of hydrogen-bond acceptors (Lipinski definition) is 5. The Morgan fingerprint density at radius 2 is 2.35 bits per heavy atom. The van der Waals surface area contributed by atoms with Crippen LogP contribution in [0.1, 0.15) is 35.1 Å². The number of carbonyl (C=O) groups is 1. The van der Waals surface area contributed by atoms with Crippen LogP contribution in [0.15, 0.2) is 28.5 Å². The van der Waals surface area contributed by atoms with Crippen LogP contribution in [0.25, 0.3) is 0 Å². The maximum absolute atomic E-state index is 12.3. The average molecular weight is 333 g/mol. The van der Waals surface area contributed by atoms with Gasteiger partial charge in [-0.25, -0.2) is 4.98 Å². The van der Waals surface area contributed by atoms with E-state index in [2.05, 4.69) is 15.3 Å². The van der Waals surface area contributed by atoms with Gasteiger partial charge in [0.05, 0.1) is 18.6 Å². The molecule has 0 radical (unpaired) electrons. The highest BCUT2D eigenvalue weighted by Crippen LogP contribution is 2.39. The first kappa shape index (κ1) is 15.9. The van der Waals surface area contributed by atoms with E-state index in [1.165, 1.54) is 6.20 Å². The molecule has 0 aromatic carbocycles. The first-order valence-electron chi connectivity index (χ1n) is 7.58. The maximum Gasteiger partial charge on any atom is 0.254 e. The molecule has 1 aliphatic carbocycles. The van der Waals surface area contributed by atoms with Crippen molar-refractivity contribution < 1.29 is 9.90 Å². The van der Waals surface area contributed by atoms with Crippen LogP contribution in [-0.2, 0) is 11.2 Å². The van der Waals surface area contributed by atoms with Crippen molar-refractivity contribution in [3.63, 3.8) is 0 Å². The third kappa shape index (κ3) is 3.68. The van der Waals surface area contributed by atoms with Crippen molar-refractivity contribution in [3.8, 4) is 0 Å². The van der Waals surface area contributed by atoms with Crippen molar-refractivity contribution in [2.24, 2.45) is 5.92 Å². The van der Waals surface area contributed by atoms with E-state index in [0.717, 1.165) is 4.88 Å². The van der Waals surface area contributed by atoms with Crippen molar-refractivity contribution in [1.82, 2.24) is 15.3 Å². The molecule has 1 fully saturated rings. The van der Waals surface area contributed by atoms with Gasteiger partial charge in [-0.3, -0.25) is 9.59 Å². The van der Waals surface area contributed by atoms with Crippen LogP contribution in [0.4, 0.5) is 0 Å². The van der Waals surface area contributed by atoms with Crippen LogP contribution in [0.3, 0.4) is 0 Å². The third-order valence-electron chi connectivity index (χ3n) is 4.14. The number of nitrogens with one attached hydrogen (secondary N) is 2. The topological polar surface area (TPSA) is 95.1 Å². The second kappa shape index (κ2) is 6.64. The Morgan fingerprint density at radius 1 is 1.57 bits per heavy atom. The minimum Gasteiger partial charge on any atom is -0.393 e. The van der Waals surface area contributed by atoms with Gasteiger partial charge in [0.15, 0.2) is 0 Å². The smallest absolute Gasteiger partial charge is 0.254 e. The molecule has 3 rings (SSSR count). The van der Waals surface area contributed by atoms with Gasteiger partial charge in [-0.1, -0.05) is 6.07 Å². The molecule has 1 amide bonds. The maximum atomic E-state index is 12.3. The van der Waals surface area contributed by atoms with Gasteiger partial charge in [0.2, 0.25) is 5.91 Å². The number of aromatic amines is 1. The van der Waals surface area contributed by atoms with E-state index < -0.39 is 0 Å². The van der Waals surface area contributed by atoms with E-state index >= 15 is 0 Å². The van der Waals surface area contributed by atoms with Crippen LogP contribution in [0.5, 0.6) is 0 Å². The second-order valence-corrected chi connectivity index (χ2v) is 6.92. The number of aliphatic hydroxyl groups is 1. The molecule has 0 saturated heterocycles. The largest absolute Gasteiger partial charge is 0.393 e. The number of aromatic nitrogens is 2. The highest BCUT2D eigenvalue weighted by molar-refractivity contribution is 7.10. The first-order chi connectivity index (χ1) is 11.0. The number of nitrogens with zero attached hydrogens (tertiary/aromatic N) is 1. The molecule has 0 bridgehead atoms. The minimum absolute atomic E-state index is 0.000236. The number of hydrogen-bond donors (Lipinski definition) is 3. The number of aliphatic hydroxyl groups excluding tert-OH is 1. The van der Waals surface area contributed by atoms with Crippen molar-refractivity contribution in [2.45, 2.75) is 38.3 Å². The summed E-state index contributed by atoms with van der Waals surface area (Å²) >= 11 is 1.59. The quantitative estimate of drug-likeness (QED) is 0.769. The lowest BCUT2D eigenvalue weighted by Gasteiger charge is -2.37. The van der Waals surface area contributed by atoms with Gasteiger partial charge in [-0.05, 0) is 37.1 Å². The summed E-state index contributed by atoms with van der Waals surface area (Å²) in [5, 5.41) is 14.5. The predicted molar refractivity (Wildman–Crippen MR) is 87.2 cm³/mol. The number of amides is 1. The lowest BCUT2D eigenvalue weighted by Crippen LogP contribution is -2.41. The van der Waals surface area contributed by atoms with Crippen molar-refractivity contribution in [3.05, 3.63) is 50.3 Å². The molecule has 122 valence electrons. The minimum atomic E-state index is -0.278. The SMILES string of the molecule is Cc1ncc(CC(=O)NC(c2cccs2)C2CC(O)C2)c(=O)[nH]1. The monoisotopic (exact) mass is 333 g/mol. The van der Waals surface area contributed by atoms with Crippen molar-refractivity contribution in [2.75, 3.05) is 0 Å². The molecule has 0 spiro atoms.